The monoisotopic (exact) mass is 376 g/mol. The first-order valence-electron chi connectivity index (χ1n) is 8.19. The summed E-state index contributed by atoms with van der Waals surface area (Å²) in [7, 11) is 5.46. The number of phenolic OH excluding ortho intramolecular Hbond substituents is 1. The van der Waals surface area contributed by atoms with Crippen LogP contribution < -0.4 is 14.2 Å². The van der Waals surface area contributed by atoms with E-state index in [0.29, 0.717) is 17.7 Å². The first kappa shape index (κ1) is 18.6. The number of methoxy groups -OCH3 is 4. The minimum absolute atomic E-state index is 0.114. The average Bonchev–Trinajstić information content (AvgIpc) is 2.68. The van der Waals surface area contributed by atoms with E-state index in [2.05, 4.69) is 0 Å². The molecule has 0 saturated heterocycles. The predicted octanol–water partition coefficient (Wildman–Crippen LogP) is 1.54. The molecule has 1 heterocycles. The van der Waals surface area contributed by atoms with Gasteiger partial charge in [-0.25, -0.2) is 0 Å². The number of allylic oxidation sites excluding steroid dienone is 2. The summed E-state index contributed by atoms with van der Waals surface area (Å²) in [4.78, 5) is 25.0. The lowest BCUT2D eigenvalue weighted by Gasteiger charge is -2.29. The van der Waals surface area contributed by atoms with Crippen molar-refractivity contribution in [3.05, 3.63) is 34.8 Å². The van der Waals surface area contributed by atoms with Crippen molar-refractivity contribution in [1.82, 2.24) is 0 Å². The number of carbonyl (C=O) groups is 2. The maximum Gasteiger partial charge on any atom is 0.228 e. The fraction of sp³-hybridized carbons (Fsp3) is 0.368. The van der Waals surface area contributed by atoms with E-state index in [0.717, 1.165) is 0 Å². The summed E-state index contributed by atoms with van der Waals surface area (Å²) in [6.07, 6.45) is 1.66. The van der Waals surface area contributed by atoms with Gasteiger partial charge < -0.3 is 28.8 Å². The van der Waals surface area contributed by atoms with Gasteiger partial charge in [-0.15, -0.1) is 0 Å². The topological polar surface area (TPSA) is 101 Å². The van der Waals surface area contributed by atoms with Crippen molar-refractivity contribution < 1.29 is 38.4 Å². The number of ketones is 2. The van der Waals surface area contributed by atoms with Gasteiger partial charge in [-0.2, -0.15) is 0 Å². The first-order valence-corrected chi connectivity index (χ1v) is 8.19. The van der Waals surface area contributed by atoms with Crippen molar-refractivity contribution in [3.8, 4) is 23.0 Å². The Labute approximate surface area is 155 Å². The molecule has 27 heavy (non-hydrogen) atoms. The molecule has 0 saturated carbocycles. The van der Waals surface area contributed by atoms with Gasteiger partial charge in [0.2, 0.25) is 34.6 Å². The zero-order valence-corrected chi connectivity index (χ0v) is 15.5. The van der Waals surface area contributed by atoms with Crippen LogP contribution in [-0.2, 0) is 25.5 Å². The highest BCUT2D eigenvalue weighted by Crippen LogP contribution is 2.48. The van der Waals surface area contributed by atoms with Gasteiger partial charge >= 0.3 is 0 Å². The second-order valence-corrected chi connectivity index (χ2v) is 6.02. The zero-order valence-electron chi connectivity index (χ0n) is 15.5. The Morgan fingerprint density at radius 3 is 2.33 bits per heavy atom. The van der Waals surface area contributed by atoms with Crippen LogP contribution in [0.15, 0.2) is 29.2 Å². The molecule has 2 aliphatic rings. The Hall–Kier alpha value is -3.16. The van der Waals surface area contributed by atoms with Gasteiger partial charge in [-0.3, -0.25) is 9.59 Å². The third kappa shape index (κ3) is 2.97. The second kappa shape index (κ2) is 7.22. The maximum atomic E-state index is 12.8. The van der Waals surface area contributed by atoms with Crippen LogP contribution in [0.1, 0.15) is 5.56 Å². The highest BCUT2D eigenvalue weighted by molar-refractivity contribution is 6.21. The van der Waals surface area contributed by atoms with Crippen molar-refractivity contribution in [2.45, 2.75) is 6.42 Å². The summed E-state index contributed by atoms with van der Waals surface area (Å²) < 4.78 is 26.2. The molecule has 0 bridgehead atoms. The summed E-state index contributed by atoms with van der Waals surface area (Å²) >= 11 is 0. The smallest absolute Gasteiger partial charge is 0.228 e. The molecule has 0 aromatic heterocycles. The molecule has 1 aromatic carbocycles. The van der Waals surface area contributed by atoms with Gasteiger partial charge in [0.05, 0.1) is 35.0 Å². The van der Waals surface area contributed by atoms with Crippen LogP contribution in [0.25, 0.3) is 0 Å². The van der Waals surface area contributed by atoms with Crippen LogP contribution in [0.5, 0.6) is 23.0 Å². The molecule has 0 amide bonds. The molecule has 1 N–H and O–H groups in total. The molecule has 1 aromatic rings. The number of hydrogen-bond acceptors (Lipinski definition) is 8. The highest BCUT2D eigenvalue weighted by atomic mass is 16.5. The van der Waals surface area contributed by atoms with Crippen LogP contribution in [0.4, 0.5) is 0 Å². The summed E-state index contributed by atoms with van der Waals surface area (Å²) in [5.41, 5.74) is 0.980. The van der Waals surface area contributed by atoms with Crippen molar-refractivity contribution in [2.24, 2.45) is 5.92 Å². The normalized spacial score (nSPS) is 19.1. The summed E-state index contributed by atoms with van der Waals surface area (Å²) in [5.74, 6) is -0.827. The minimum Gasteiger partial charge on any atom is -0.502 e. The van der Waals surface area contributed by atoms with Crippen molar-refractivity contribution in [1.29, 1.82) is 0 Å². The summed E-state index contributed by atoms with van der Waals surface area (Å²) in [6.45, 7) is 0.138. The molecular weight excluding hydrogens is 356 g/mol. The van der Waals surface area contributed by atoms with E-state index in [4.69, 9.17) is 23.7 Å². The fourth-order valence-electron chi connectivity index (χ4n) is 3.32. The van der Waals surface area contributed by atoms with Gasteiger partial charge in [-0.1, -0.05) is 0 Å². The largest absolute Gasteiger partial charge is 0.502 e. The Kier molecular flexibility index (Phi) is 4.98. The molecule has 8 heteroatoms. The number of benzene rings is 1. The Morgan fingerprint density at radius 1 is 1.04 bits per heavy atom. The number of Topliss-reactive ketones (excluding diaryl/α,β-unsaturated/α-hetero) is 1. The Balaban J connectivity index is 1.97. The quantitative estimate of drug-likeness (QED) is 0.773. The van der Waals surface area contributed by atoms with E-state index in [1.807, 2.05) is 0 Å². The van der Waals surface area contributed by atoms with E-state index in [-0.39, 0.29) is 46.9 Å². The second-order valence-electron chi connectivity index (χ2n) is 6.02. The van der Waals surface area contributed by atoms with Crippen LogP contribution >= 0.6 is 0 Å². The van der Waals surface area contributed by atoms with Crippen molar-refractivity contribution in [2.75, 3.05) is 35.0 Å². The van der Waals surface area contributed by atoms with E-state index in [9.17, 15) is 14.7 Å². The number of phenols is 1. The summed E-state index contributed by atoms with van der Waals surface area (Å²) in [6, 6.07) is 1.63. The lowest BCUT2D eigenvalue weighted by molar-refractivity contribution is -0.121. The fourth-order valence-corrected chi connectivity index (χ4v) is 3.32. The van der Waals surface area contributed by atoms with Crippen LogP contribution in [0.3, 0.4) is 0 Å². The number of hydrogen-bond donors (Lipinski definition) is 1. The molecule has 144 valence electrons. The molecule has 1 aliphatic heterocycles. The van der Waals surface area contributed by atoms with Gasteiger partial charge in [0.15, 0.2) is 11.5 Å². The van der Waals surface area contributed by atoms with E-state index in [1.165, 1.54) is 34.5 Å². The number of rotatable bonds is 5. The molecule has 0 fully saturated rings. The van der Waals surface area contributed by atoms with Gasteiger partial charge in [0, 0.05) is 17.1 Å². The minimum atomic E-state index is -0.435. The van der Waals surface area contributed by atoms with E-state index in [1.54, 1.807) is 6.07 Å². The number of fused-ring (bicyclic) bond motifs is 1. The Morgan fingerprint density at radius 2 is 1.74 bits per heavy atom. The molecule has 1 atom stereocenters. The molecule has 1 unspecified atom stereocenters. The summed E-state index contributed by atoms with van der Waals surface area (Å²) in [5, 5.41) is 10.2. The van der Waals surface area contributed by atoms with Gasteiger partial charge in [-0.05, 0) is 18.6 Å². The van der Waals surface area contributed by atoms with Crippen molar-refractivity contribution in [3.63, 3.8) is 0 Å². The number of ether oxygens (including phenoxy) is 5. The number of aromatic hydroxyl groups is 1. The Bertz CT molecular complexity index is 865. The van der Waals surface area contributed by atoms with Gasteiger partial charge in [0.25, 0.3) is 0 Å². The van der Waals surface area contributed by atoms with E-state index >= 15 is 0 Å². The third-order valence-electron chi connectivity index (χ3n) is 4.60. The lowest BCUT2D eigenvalue weighted by Crippen LogP contribution is -2.31. The average molecular weight is 376 g/mol. The van der Waals surface area contributed by atoms with Crippen molar-refractivity contribution >= 4 is 11.6 Å². The number of carbonyl (C=O) groups excluding carboxylic acids is 2. The molecule has 0 spiro atoms. The molecular formula is C19H20O8. The van der Waals surface area contributed by atoms with Crippen LogP contribution in [0.2, 0.25) is 0 Å². The first-order chi connectivity index (χ1) is 13.0. The van der Waals surface area contributed by atoms with Crippen LogP contribution in [0, 0.1) is 5.92 Å². The maximum absolute atomic E-state index is 12.8. The molecule has 1 aliphatic carbocycles. The molecule has 0 radical (unpaired) electrons. The zero-order chi connectivity index (χ0) is 19.7. The predicted molar refractivity (Wildman–Crippen MR) is 93.0 cm³/mol. The molecule has 3 rings (SSSR count). The SMILES string of the molecule is COC1=C(OC)C(=O)C(C2COc3c(cc(OC)c(O)c3OC)C2)=CC1=O. The molecule has 8 nitrogen and oxygen atoms in total. The standard InChI is InChI=1S/C19H20O8/c1-23-13-6-9-5-10(8-27-16(9)19(26-4)15(13)22)11-7-12(20)17(24-2)18(25-3)14(11)21/h6-7,10,22H,5,8H2,1-4H3. The lowest BCUT2D eigenvalue weighted by atomic mass is 9.84. The third-order valence-corrected chi connectivity index (χ3v) is 4.60. The highest BCUT2D eigenvalue weighted by Gasteiger charge is 2.37. The van der Waals surface area contributed by atoms with Crippen LogP contribution in [-0.4, -0.2) is 51.7 Å². The van der Waals surface area contributed by atoms with E-state index < -0.39 is 11.6 Å². The van der Waals surface area contributed by atoms with Gasteiger partial charge in [0.1, 0.15) is 0 Å².